The van der Waals surface area contributed by atoms with Crippen LogP contribution < -0.4 is 0 Å². The molecule has 35 heavy (non-hydrogen) atoms. The zero-order valence-electron chi connectivity index (χ0n) is 26.0. The van der Waals surface area contributed by atoms with Gasteiger partial charge in [-0.05, 0) is 91.4 Å². The number of ether oxygens (including phenoxy) is 4. The van der Waals surface area contributed by atoms with Crippen LogP contribution in [0.1, 0.15) is 117 Å². The van der Waals surface area contributed by atoms with Crippen LogP contribution >= 0.6 is 0 Å². The van der Waals surface area contributed by atoms with E-state index in [1.54, 1.807) is 0 Å². The third-order valence-corrected chi connectivity index (χ3v) is 8.33. The van der Waals surface area contributed by atoms with Gasteiger partial charge in [-0.2, -0.15) is 0 Å². The average Bonchev–Trinajstić information content (AvgIpc) is 2.67. The first-order valence-electron chi connectivity index (χ1n) is 13.7. The maximum absolute atomic E-state index is 12.4. The number of rotatable bonds is 17. The quantitative estimate of drug-likeness (QED) is 0.151. The lowest BCUT2D eigenvalue weighted by Crippen LogP contribution is -2.48. The Morgan fingerprint density at radius 3 is 1.74 bits per heavy atom. The van der Waals surface area contributed by atoms with Gasteiger partial charge >= 0.3 is 5.97 Å². The van der Waals surface area contributed by atoms with Gasteiger partial charge in [-0.15, -0.1) is 0 Å². The number of hydrogen-bond donors (Lipinski definition) is 0. The van der Waals surface area contributed by atoms with Crippen LogP contribution in [-0.4, -0.2) is 49.2 Å². The van der Waals surface area contributed by atoms with E-state index < -0.39 is 5.41 Å². The summed E-state index contributed by atoms with van der Waals surface area (Å²) in [6, 6.07) is 0. The monoisotopic (exact) mass is 500 g/mol. The van der Waals surface area contributed by atoms with Crippen LogP contribution in [0, 0.1) is 28.6 Å². The molecular formula is C30H60O5. The average molecular weight is 501 g/mol. The van der Waals surface area contributed by atoms with Gasteiger partial charge in [0.2, 0.25) is 0 Å². The fraction of sp³-hybridized carbons (Fsp3) is 0.967. The maximum Gasteiger partial charge on any atom is 0.311 e. The molecule has 0 saturated carbocycles. The van der Waals surface area contributed by atoms with Gasteiger partial charge in [0.15, 0.2) is 0 Å². The molecule has 0 fully saturated rings. The summed E-state index contributed by atoms with van der Waals surface area (Å²) in [6.45, 7) is 34.0. The Morgan fingerprint density at radius 2 is 1.26 bits per heavy atom. The molecule has 0 N–H and O–H groups in total. The highest BCUT2D eigenvalue weighted by molar-refractivity contribution is 5.75. The van der Waals surface area contributed by atoms with E-state index in [0.29, 0.717) is 37.6 Å². The second-order valence-electron chi connectivity index (χ2n) is 14.0. The van der Waals surface area contributed by atoms with Gasteiger partial charge < -0.3 is 18.9 Å². The van der Waals surface area contributed by atoms with Crippen LogP contribution in [0.15, 0.2) is 0 Å². The summed E-state index contributed by atoms with van der Waals surface area (Å²) in [5.41, 5.74) is -1.39. The molecule has 5 heteroatoms. The Labute approximate surface area is 218 Å². The second kappa shape index (κ2) is 13.2. The topological polar surface area (TPSA) is 54.0 Å². The lowest BCUT2D eigenvalue weighted by atomic mass is 9.68. The summed E-state index contributed by atoms with van der Waals surface area (Å²) >= 11 is 0. The van der Waals surface area contributed by atoms with E-state index in [-0.39, 0.29) is 34.8 Å². The standard InChI is InChI=1S/C30H60O5/c1-22(2)20-26(6,7)25(31)32-18-19-33-27(8,9)16-17-34-30(14,15)28(10,11)24(5)21-35-29(12,13)23(3)4/h22-24H,16-21H2,1-15H3. The Hall–Kier alpha value is -0.650. The Balaban J connectivity index is 4.63. The molecule has 0 spiro atoms. The molecule has 1 unspecified atom stereocenters. The molecule has 5 nitrogen and oxygen atoms in total. The number of carbonyl (C=O) groups is 1. The molecule has 0 amide bonds. The van der Waals surface area contributed by atoms with Crippen molar-refractivity contribution >= 4 is 5.97 Å². The minimum atomic E-state index is -0.470. The van der Waals surface area contributed by atoms with Crippen molar-refractivity contribution in [3.8, 4) is 0 Å². The van der Waals surface area contributed by atoms with Gasteiger partial charge in [0.1, 0.15) is 6.61 Å². The summed E-state index contributed by atoms with van der Waals surface area (Å²) in [5.74, 6) is 1.08. The van der Waals surface area contributed by atoms with Crippen molar-refractivity contribution in [3.63, 3.8) is 0 Å². The van der Waals surface area contributed by atoms with Crippen LogP contribution in [0.5, 0.6) is 0 Å². The Kier molecular flexibility index (Phi) is 13.0. The fourth-order valence-corrected chi connectivity index (χ4v) is 3.87. The van der Waals surface area contributed by atoms with Crippen LogP contribution in [0.4, 0.5) is 0 Å². The molecule has 0 saturated heterocycles. The van der Waals surface area contributed by atoms with Crippen molar-refractivity contribution in [2.75, 3.05) is 26.4 Å². The molecule has 0 aliphatic heterocycles. The number of esters is 1. The molecule has 0 rings (SSSR count). The van der Waals surface area contributed by atoms with Crippen molar-refractivity contribution in [1.29, 1.82) is 0 Å². The summed E-state index contributed by atoms with van der Waals surface area (Å²) in [4.78, 5) is 12.4. The first kappa shape index (κ1) is 34.4. The molecule has 1 atom stereocenters. The fourth-order valence-electron chi connectivity index (χ4n) is 3.87. The molecule has 0 heterocycles. The van der Waals surface area contributed by atoms with Crippen LogP contribution in [0.25, 0.3) is 0 Å². The van der Waals surface area contributed by atoms with E-state index in [1.807, 2.05) is 13.8 Å². The summed E-state index contributed by atoms with van der Waals surface area (Å²) in [7, 11) is 0. The van der Waals surface area contributed by atoms with E-state index in [0.717, 1.165) is 12.8 Å². The smallest absolute Gasteiger partial charge is 0.311 e. The van der Waals surface area contributed by atoms with Crippen LogP contribution in [0.3, 0.4) is 0 Å². The molecule has 0 aromatic carbocycles. The molecule has 0 bridgehead atoms. The zero-order valence-corrected chi connectivity index (χ0v) is 26.0. The van der Waals surface area contributed by atoms with Gasteiger partial charge in [0.05, 0.1) is 42.0 Å². The minimum absolute atomic E-state index is 0.0813. The Morgan fingerprint density at radius 1 is 0.714 bits per heavy atom. The molecule has 0 aromatic heterocycles. The first-order chi connectivity index (χ1) is 15.6. The highest BCUT2D eigenvalue weighted by Crippen LogP contribution is 2.41. The van der Waals surface area contributed by atoms with E-state index in [2.05, 4.69) is 90.0 Å². The minimum Gasteiger partial charge on any atom is -0.463 e. The van der Waals surface area contributed by atoms with Crippen molar-refractivity contribution in [2.45, 2.75) is 134 Å². The normalized spacial score (nSPS) is 15.1. The lowest BCUT2D eigenvalue weighted by Gasteiger charge is -2.46. The number of hydrogen-bond acceptors (Lipinski definition) is 5. The van der Waals surface area contributed by atoms with Crippen LogP contribution in [-0.2, 0) is 23.7 Å². The maximum atomic E-state index is 12.4. The van der Waals surface area contributed by atoms with Gasteiger partial charge in [0, 0.05) is 0 Å². The summed E-state index contributed by atoms with van der Waals surface area (Å²) in [5, 5.41) is 0. The summed E-state index contributed by atoms with van der Waals surface area (Å²) in [6.07, 6.45) is 1.56. The van der Waals surface area contributed by atoms with E-state index in [1.165, 1.54) is 0 Å². The second-order valence-corrected chi connectivity index (χ2v) is 14.0. The van der Waals surface area contributed by atoms with Crippen molar-refractivity contribution in [3.05, 3.63) is 0 Å². The third kappa shape index (κ3) is 11.5. The predicted octanol–water partition coefficient (Wildman–Crippen LogP) is 7.70. The van der Waals surface area contributed by atoms with Gasteiger partial charge in [-0.1, -0.05) is 48.5 Å². The van der Waals surface area contributed by atoms with Crippen molar-refractivity contribution in [1.82, 2.24) is 0 Å². The molecule has 0 aromatic rings. The SMILES string of the molecule is CC(C)CC(C)(C)C(=O)OCCOC(C)(C)CCOC(C)(C)C(C)(C)C(C)COC(C)(C)C(C)C. The predicted molar refractivity (Wildman–Crippen MR) is 147 cm³/mol. The van der Waals surface area contributed by atoms with Gasteiger partial charge in [-0.3, -0.25) is 4.79 Å². The molecule has 0 aliphatic carbocycles. The molecule has 0 radical (unpaired) electrons. The summed E-state index contributed by atoms with van der Waals surface area (Å²) < 4.78 is 24.3. The Bertz CT molecular complexity index is 629. The zero-order chi connectivity index (χ0) is 27.9. The highest BCUT2D eigenvalue weighted by Gasteiger charge is 2.43. The molecule has 210 valence electrons. The van der Waals surface area contributed by atoms with Crippen molar-refractivity contribution in [2.24, 2.45) is 28.6 Å². The van der Waals surface area contributed by atoms with Crippen molar-refractivity contribution < 1.29 is 23.7 Å². The van der Waals surface area contributed by atoms with E-state index in [4.69, 9.17) is 18.9 Å². The third-order valence-electron chi connectivity index (χ3n) is 8.33. The van der Waals surface area contributed by atoms with Gasteiger partial charge in [0.25, 0.3) is 0 Å². The highest BCUT2D eigenvalue weighted by atomic mass is 16.6. The molecule has 0 aliphatic rings. The van der Waals surface area contributed by atoms with E-state index in [9.17, 15) is 4.79 Å². The molecular weight excluding hydrogens is 440 g/mol. The largest absolute Gasteiger partial charge is 0.463 e. The first-order valence-corrected chi connectivity index (χ1v) is 13.7. The lowest BCUT2D eigenvalue weighted by molar-refractivity contribution is -0.162. The van der Waals surface area contributed by atoms with E-state index >= 15 is 0 Å². The number of carbonyl (C=O) groups excluding carboxylic acids is 1. The van der Waals surface area contributed by atoms with Gasteiger partial charge in [-0.25, -0.2) is 0 Å². The van der Waals surface area contributed by atoms with Crippen LogP contribution in [0.2, 0.25) is 0 Å².